The number of carbonyl (C=O) groups is 1. The molecular weight excluding hydrogens is 258 g/mol. The van der Waals surface area contributed by atoms with E-state index in [-0.39, 0.29) is 11.8 Å². The van der Waals surface area contributed by atoms with E-state index in [1.54, 1.807) is 0 Å². The molecule has 0 bridgehead atoms. The summed E-state index contributed by atoms with van der Waals surface area (Å²) in [6, 6.07) is 6.68. The lowest BCUT2D eigenvalue weighted by Crippen LogP contribution is -2.44. The molecule has 0 aromatic heterocycles. The lowest BCUT2D eigenvalue weighted by atomic mass is 9.86. The molecule has 1 saturated carbocycles. The summed E-state index contributed by atoms with van der Waals surface area (Å²) in [6.45, 7) is 8.47. The van der Waals surface area contributed by atoms with E-state index >= 15 is 0 Å². The number of aryl methyl sites for hydroxylation is 2. The zero-order valence-electron chi connectivity index (χ0n) is 14.1. The van der Waals surface area contributed by atoms with Gasteiger partial charge in [-0.1, -0.05) is 24.6 Å². The van der Waals surface area contributed by atoms with Crippen LogP contribution in [0.2, 0.25) is 0 Å². The third kappa shape index (κ3) is 3.74. The van der Waals surface area contributed by atoms with Gasteiger partial charge in [-0.25, -0.2) is 0 Å². The van der Waals surface area contributed by atoms with Crippen molar-refractivity contribution in [3.05, 3.63) is 34.9 Å². The highest BCUT2D eigenvalue weighted by molar-refractivity contribution is 6.01. The quantitative estimate of drug-likeness (QED) is 0.766. The van der Waals surface area contributed by atoms with E-state index in [4.69, 9.17) is 0 Å². The Bertz CT molecular complexity index is 500. The fraction of sp³-hybridized carbons (Fsp3) is 0.632. The van der Waals surface area contributed by atoms with Gasteiger partial charge in [0.25, 0.3) is 0 Å². The van der Waals surface area contributed by atoms with Crippen LogP contribution in [0.1, 0.15) is 61.0 Å². The first-order valence-corrected chi connectivity index (χ1v) is 8.23. The first kappa shape index (κ1) is 16.2. The van der Waals surface area contributed by atoms with Crippen molar-refractivity contribution >= 4 is 5.78 Å². The number of rotatable bonds is 4. The van der Waals surface area contributed by atoms with Crippen molar-refractivity contribution in [2.24, 2.45) is 5.92 Å². The van der Waals surface area contributed by atoms with Gasteiger partial charge in [0.05, 0.1) is 6.04 Å². The molecule has 0 radical (unpaired) electrons. The second-order valence-electron chi connectivity index (χ2n) is 6.94. The predicted octanol–water partition coefficient (Wildman–Crippen LogP) is 4.39. The molecule has 1 aromatic rings. The number of ketones is 1. The van der Waals surface area contributed by atoms with Crippen molar-refractivity contribution in [3.63, 3.8) is 0 Å². The van der Waals surface area contributed by atoms with Gasteiger partial charge in [-0.2, -0.15) is 0 Å². The highest BCUT2D eigenvalue weighted by Crippen LogP contribution is 2.28. The van der Waals surface area contributed by atoms with E-state index in [9.17, 15) is 4.79 Å². The summed E-state index contributed by atoms with van der Waals surface area (Å²) in [4.78, 5) is 15.1. The minimum Gasteiger partial charge on any atom is -0.294 e. The maximum Gasteiger partial charge on any atom is 0.179 e. The van der Waals surface area contributed by atoms with E-state index in [2.05, 4.69) is 37.9 Å². The van der Waals surface area contributed by atoms with Gasteiger partial charge in [0.1, 0.15) is 0 Å². The van der Waals surface area contributed by atoms with E-state index in [0.29, 0.717) is 6.04 Å². The Balaban J connectivity index is 2.09. The number of hydrogen-bond acceptors (Lipinski definition) is 2. The van der Waals surface area contributed by atoms with Crippen LogP contribution in [0.5, 0.6) is 0 Å². The van der Waals surface area contributed by atoms with Crippen molar-refractivity contribution in [3.8, 4) is 0 Å². The second-order valence-corrected chi connectivity index (χ2v) is 6.94. The highest BCUT2D eigenvalue weighted by atomic mass is 16.1. The maximum atomic E-state index is 12.8. The largest absolute Gasteiger partial charge is 0.294 e. The SMILES string of the molecule is Cc1ccc(C)c(C(=O)C(C)N(C)C2CCC(C)CC2)c1. The number of hydrogen-bond donors (Lipinski definition) is 0. The molecule has 0 saturated heterocycles. The molecule has 1 fully saturated rings. The van der Waals surface area contributed by atoms with Crippen LogP contribution in [0.3, 0.4) is 0 Å². The van der Waals surface area contributed by atoms with Crippen LogP contribution in [0.4, 0.5) is 0 Å². The lowest BCUT2D eigenvalue weighted by Gasteiger charge is -2.36. The molecule has 1 unspecified atom stereocenters. The molecule has 1 aromatic carbocycles. The van der Waals surface area contributed by atoms with Crippen LogP contribution < -0.4 is 0 Å². The predicted molar refractivity (Wildman–Crippen MR) is 88.9 cm³/mol. The van der Waals surface area contributed by atoms with E-state index in [1.165, 1.54) is 25.7 Å². The van der Waals surface area contributed by atoms with Crippen LogP contribution in [-0.2, 0) is 0 Å². The average Bonchev–Trinajstić information content (AvgIpc) is 2.48. The average molecular weight is 287 g/mol. The van der Waals surface area contributed by atoms with Crippen molar-refractivity contribution < 1.29 is 4.79 Å². The molecule has 21 heavy (non-hydrogen) atoms. The van der Waals surface area contributed by atoms with Gasteiger partial charge >= 0.3 is 0 Å². The Kier molecular flexibility index (Phi) is 5.21. The summed E-state index contributed by atoms with van der Waals surface area (Å²) in [5.74, 6) is 1.11. The summed E-state index contributed by atoms with van der Waals surface area (Å²) in [6.07, 6.45) is 5.03. The molecule has 1 atom stereocenters. The van der Waals surface area contributed by atoms with Crippen LogP contribution in [0.15, 0.2) is 18.2 Å². The van der Waals surface area contributed by atoms with Gasteiger partial charge in [0, 0.05) is 11.6 Å². The van der Waals surface area contributed by atoms with Crippen molar-refractivity contribution in [1.82, 2.24) is 4.90 Å². The molecule has 0 N–H and O–H groups in total. The summed E-state index contributed by atoms with van der Waals surface area (Å²) in [5, 5.41) is 0. The Hall–Kier alpha value is -1.15. The minimum absolute atomic E-state index is 0.0380. The standard InChI is InChI=1S/C19H29NO/c1-13-7-10-17(11-8-13)20(5)16(4)19(21)18-12-14(2)6-9-15(18)3/h6,9,12-13,16-17H,7-8,10-11H2,1-5H3. The normalized spacial score (nSPS) is 24.1. The number of likely N-dealkylation sites (N-methyl/N-ethyl adjacent to an activating group) is 1. The van der Waals surface area contributed by atoms with Crippen LogP contribution in [0, 0.1) is 19.8 Å². The number of Topliss-reactive ketones (excluding diaryl/α,β-unsaturated/α-hetero) is 1. The number of carbonyl (C=O) groups excluding carboxylic acids is 1. The van der Waals surface area contributed by atoms with Gasteiger partial charge < -0.3 is 0 Å². The summed E-state index contributed by atoms with van der Waals surface area (Å²) in [5.41, 5.74) is 3.13. The monoisotopic (exact) mass is 287 g/mol. The minimum atomic E-state index is -0.0380. The fourth-order valence-corrected chi connectivity index (χ4v) is 3.38. The van der Waals surface area contributed by atoms with Gasteiger partial charge in [-0.3, -0.25) is 9.69 Å². The summed E-state index contributed by atoms with van der Waals surface area (Å²) in [7, 11) is 2.12. The highest BCUT2D eigenvalue weighted by Gasteiger charge is 2.28. The third-order valence-electron chi connectivity index (χ3n) is 5.21. The molecule has 1 aliphatic carbocycles. The zero-order valence-corrected chi connectivity index (χ0v) is 14.1. The molecule has 2 nitrogen and oxygen atoms in total. The van der Waals surface area contributed by atoms with Crippen LogP contribution in [0.25, 0.3) is 0 Å². The van der Waals surface area contributed by atoms with Crippen LogP contribution >= 0.6 is 0 Å². The van der Waals surface area contributed by atoms with Gasteiger partial charge in [0.2, 0.25) is 0 Å². The lowest BCUT2D eigenvalue weighted by molar-refractivity contribution is 0.0758. The molecule has 0 amide bonds. The topological polar surface area (TPSA) is 20.3 Å². The third-order valence-corrected chi connectivity index (χ3v) is 5.21. The van der Waals surface area contributed by atoms with Gasteiger partial charge in [-0.05, 0) is 71.0 Å². The number of nitrogens with zero attached hydrogens (tertiary/aromatic N) is 1. The fourth-order valence-electron chi connectivity index (χ4n) is 3.38. The molecule has 1 aliphatic rings. The summed E-state index contributed by atoms with van der Waals surface area (Å²) >= 11 is 0. The second kappa shape index (κ2) is 6.74. The van der Waals surface area contributed by atoms with Crippen molar-refractivity contribution in [1.29, 1.82) is 0 Å². The zero-order chi connectivity index (χ0) is 15.6. The first-order valence-electron chi connectivity index (χ1n) is 8.23. The molecular formula is C19H29NO. The van der Waals surface area contributed by atoms with Gasteiger partial charge in [0.15, 0.2) is 5.78 Å². The van der Waals surface area contributed by atoms with Crippen molar-refractivity contribution in [2.75, 3.05) is 7.05 Å². The molecule has 2 heteroatoms. The molecule has 0 aliphatic heterocycles. The van der Waals surface area contributed by atoms with E-state index in [0.717, 1.165) is 22.6 Å². The molecule has 0 spiro atoms. The van der Waals surface area contributed by atoms with E-state index < -0.39 is 0 Å². The first-order chi connectivity index (χ1) is 9.90. The Morgan fingerprint density at radius 3 is 2.43 bits per heavy atom. The van der Waals surface area contributed by atoms with Crippen LogP contribution in [-0.4, -0.2) is 29.8 Å². The molecule has 2 rings (SSSR count). The van der Waals surface area contributed by atoms with E-state index in [1.807, 2.05) is 19.9 Å². The summed E-state index contributed by atoms with van der Waals surface area (Å²) < 4.78 is 0. The smallest absolute Gasteiger partial charge is 0.179 e. The van der Waals surface area contributed by atoms with Gasteiger partial charge in [-0.15, -0.1) is 0 Å². The maximum absolute atomic E-state index is 12.8. The Morgan fingerprint density at radius 1 is 1.19 bits per heavy atom. The molecule has 0 heterocycles. The van der Waals surface area contributed by atoms with Crippen molar-refractivity contribution in [2.45, 2.75) is 65.5 Å². The Morgan fingerprint density at radius 2 is 1.81 bits per heavy atom. The number of benzene rings is 1. The molecule has 116 valence electrons. The Labute approximate surface area is 129 Å².